The third-order valence-corrected chi connectivity index (χ3v) is 0.445. The predicted molar refractivity (Wildman–Crippen MR) is 37.2 cm³/mol. The number of allylic oxidation sites excluding steroid dienone is 1. The highest BCUT2D eigenvalue weighted by Gasteiger charge is 1.82. The van der Waals surface area contributed by atoms with E-state index in [1.807, 2.05) is 0 Å². The van der Waals surface area contributed by atoms with Crippen LogP contribution < -0.4 is 0 Å². The van der Waals surface area contributed by atoms with Crippen LogP contribution in [-0.2, 0) is 9.59 Å². The lowest BCUT2D eigenvalue weighted by atomic mass is 10.5. The van der Waals surface area contributed by atoms with Gasteiger partial charge in [-0.3, -0.25) is 0 Å². The van der Waals surface area contributed by atoms with Crippen LogP contribution in [0.25, 0.3) is 0 Å². The van der Waals surface area contributed by atoms with Gasteiger partial charge in [0.1, 0.15) is 6.61 Å². The van der Waals surface area contributed by atoms with Gasteiger partial charge in [0, 0.05) is 6.08 Å². The zero-order chi connectivity index (χ0) is 9.28. The third-order valence-electron chi connectivity index (χ3n) is 0.445. The summed E-state index contributed by atoms with van der Waals surface area (Å²) in [6.45, 7) is 0.883. The molecule has 0 saturated heterocycles. The smallest absolute Gasteiger partial charge is 0.329 e. The van der Waals surface area contributed by atoms with Gasteiger partial charge in [-0.2, -0.15) is 0 Å². The predicted octanol–water partition coefficient (Wildman–Crippen LogP) is -0.290. The number of aliphatic hydroxyl groups excluding tert-OH is 1. The molecule has 5 nitrogen and oxygen atoms in total. The fourth-order valence-electron chi connectivity index (χ4n) is 0.143. The molecule has 0 rings (SSSR count). The normalized spacial score (nSPS) is 8.55. The summed E-state index contributed by atoms with van der Waals surface area (Å²) in [5.74, 6) is -2.08. The molecule has 0 aromatic heterocycles. The molecular formula is C6H10O5. The van der Waals surface area contributed by atoms with E-state index in [-0.39, 0.29) is 0 Å². The summed E-state index contributed by atoms with van der Waals surface area (Å²) >= 11 is 0. The van der Waals surface area contributed by atoms with Gasteiger partial charge in [0.2, 0.25) is 0 Å². The second-order valence-electron chi connectivity index (χ2n) is 1.39. The van der Waals surface area contributed by atoms with Gasteiger partial charge < -0.3 is 15.3 Å². The number of aliphatic carboxylic acids is 2. The van der Waals surface area contributed by atoms with Gasteiger partial charge in [0.25, 0.3) is 0 Å². The standard InChI is InChI=1S/C4H6O2.C2H4O3/c1-2-3-4(5)6;3-1-2(4)5/h2-3H,1H3,(H,5,6);3H,1H2,(H,4,5). The molecule has 0 aromatic carbocycles. The maximum Gasteiger partial charge on any atom is 0.329 e. The monoisotopic (exact) mass is 162 g/mol. The van der Waals surface area contributed by atoms with Crippen LogP contribution in [0, 0.1) is 0 Å². The average Bonchev–Trinajstić information content (AvgIpc) is 1.89. The van der Waals surface area contributed by atoms with E-state index in [2.05, 4.69) is 0 Å². The summed E-state index contributed by atoms with van der Waals surface area (Å²) in [6.07, 6.45) is 2.56. The van der Waals surface area contributed by atoms with E-state index in [9.17, 15) is 4.79 Å². The first-order valence-corrected chi connectivity index (χ1v) is 2.72. The molecule has 0 atom stereocenters. The molecule has 0 spiro atoms. The fourth-order valence-corrected chi connectivity index (χ4v) is 0.143. The molecule has 0 amide bonds. The summed E-state index contributed by atoms with van der Waals surface area (Å²) in [5, 5.41) is 22.8. The number of hydrogen-bond donors (Lipinski definition) is 3. The van der Waals surface area contributed by atoms with Crippen molar-refractivity contribution in [1.82, 2.24) is 0 Å². The van der Waals surface area contributed by atoms with Crippen LogP contribution >= 0.6 is 0 Å². The van der Waals surface area contributed by atoms with Gasteiger partial charge in [-0.15, -0.1) is 0 Å². The maximum atomic E-state index is 9.51. The Bertz CT molecular complexity index is 149. The van der Waals surface area contributed by atoms with Crippen LogP contribution in [0.4, 0.5) is 0 Å². The molecule has 0 unspecified atom stereocenters. The van der Waals surface area contributed by atoms with Gasteiger partial charge >= 0.3 is 11.9 Å². The minimum Gasteiger partial charge on any atom is -0.480 e. The zero-order valence-corrected chi connectivity index (χ0v) is 6.02. The van der Waals surface area contributed by atoms with E-state index in [0.29, 0.717) is 0 Å². The van der Waals surface area contributed by atoms with Crippen LogP contribution in [0.1, 0.15) is 6.92 Å². The van der Waals surface area contributed by atoms with E-state index < -0.39 is 18.5 Å². The number of rotatable bonds is 2. The molecule has 0 aliphatic heterocycles. The van der Waals surface area contributed by atoms with Crippen LogP contribution in [0.3, 0.4) is 0 Å². The quantitative estimate of drug-likeness (QED) is 0.485. The lowest BCUT2D eigenvalue weighted by Gasteiger charge is -1.72. The maximum absolute atomic E-state index is 9.51. The van der Waals surface area contributed by atoms with E-state index >= 15 is 0 Å². The Morgan fingerprint density at radius 1 is 1.36 bits per heavy atom. The van der Waals surface area contributed by atoms with Crippen LogP contribution in [-0.4, -0.2) is 33.9 Å². The molecule has 0 aliphatic carbocycles. The second kappa shape index (κ2) is 8.64. The van der Waals surface area contributed by atoms with Gasteiger partial charge in [-0.05, 0) is 6.92 Å². The van der Waals surface area contributed by atoms with Gasteiger partial charge in [-0.1, -0.05) is 6.08 Å². The topological polar surface area (TPSA) is 94.8 Å². The molecule has 0 bridgehead atoms. The minimum atomic E-state index is -1.19. The van der Waals surface area contributed by atoms with Crippen molar-refractivity contribution < 1.29 is 24.9 Å². The highest BCUT2D eigenvalue weighted by Crippen LogP contribution is 1.65. The number of carbonyl (C=O) groups is 2. The number of carboxylic acid groups (broad SMARTS) is 2. The van der Waals surface area contributed by atoms with E-state index in [1.165, 1.54) is 6.08 Å². The minimum absolute atomic E-state index is 0.778. The van der Waals surface area contributed by atoms with Crippen molar-refractivity contribution in [2.24, 2.45) is 0 Å². The Morgan fingerprint density at radius 2 is 1.73 bits per heavy atom. The van der Waals surface area contributed by atoms with E-state index in [1.54, 1.807) is 6.92 Å². The first-order chi connectivity index (χ1) is 5.04. The second-order valence-corrected chi connectivity index (χ2v) is 1.39. The van der Waals surface area contributed by atoms with Crippen LogP contribution in [0.5, 0.6) is 0 Å². The van der Waals surface area contributed by atoms with Crippen LogP contribution in [0.15, 0.2) is 12.2 Å². The Labute approximate surface area is 63.6 Å². The SMILES string of the molecule is CC=CC(=O)O.O=C(O)CO. The Balaban J connectivity index is 0. The summed E-state index contributed by atoms with van der Waals surface area (Å²) in [5.41, 5.74) is 0. The molecule has 0 saturated carbocycles. The van der Waals surface area contributed by atoms with Crippen molar-refractivity contribution in [2.45, 2.75) is 6.92 Å². The molecule has 5 heteroatoms. The lowest BCUT2D eigenvalue weighted by molar-refractivity contribution is -0.140. The van der Waals surface area contributed by atoms with Crippen molar-refractivity contribution >= 4 is 11.9 Å². The van der Waals surface area contributed by atoms with Crippen molar-refractivity contribution in [3.8, 4) is 0 Å². The molecular weight excluding hydrogens is 152 g/mol. The lowest BCUT2D eigenvalue weighted by Crippen LogP contribution is -1.98. The largest absolute Gasteiger partial charge is 0.480 e. The van der Waals surface area contributed by atoms with Crippen molar-refractivity contribution in [2.75, 3.05) is 6.61 Å². The first kappa shape index (κ1) is 12.3. The molecule has 0 radical (unpaired) electrons. The van der Waals surface area contributed by atoms with Crippen molar-refractivity contribution in [3.63, 3.8) is 0 Å². The number of aliphatic hydroxyl groups is 1. The fraction of sp³-hybridized carbons (Fsp3) is 0.333. The average molecular weight is 162 g/mol. The number of hydrogen-bond acceptors (Lipinski definition) is 3. The third kappa shape index (κ3) is 28.8. The molecule has 0 heterocycles. The van der Waals surface area contributed by atoms with Gasteiger partial charge in [0.15, 0.2) is 0 Å². The summed E-state index contributed by atoms with van der Waals surface area (Å²) in [6, 6.07) is 0. The first-order valence-electron chi connectivity index (χ1n) is 2.72. The highest BCUT2D eigenvalue weighted by atomic mass is 16.4. The molecule has 0 aliphatic rings. The van der Waals surface area contributed by atoms with Crippen molar-refractivity contribution in [1.29, 1.82) is 0 Å². The summed E-state index contributed by atoms with van der Waals surface area (Å²) in [7, 11) is 0. The van der Waals surface area contributed by atoms with Crippen molar-refractivity contribution in [3.05, 3.63) is 12.2 Å². The highest BCUT2D eigenvalue weighted by molar-refractivity contribution is 5.79. The van der Waals surface area contributed by atoms with Crippen LogP contribution in [0.2, 0.25) is 0 Å². The Kier molecular flexibility index (Phi) is 9.68. The van der Waals surface area contributed by atoms with Gasteiger partial charge in [0.05, 0.1) is 0 Å². The van der Waals surface area contributed by atoms with E-state index in [0.717, 1.165) is 6.08 Å². The molecule has 0 fully saturated rings. The molecule has 3 N–H and O–H groups in total. The molecule has 64 valence electrons. The Morgan fingerprint density at radius 3 is 1.73 bits per heavy atom. The van der Waals surface area contributed by atoms with E-state index in [4.69, 9.17) is 20.1 Å². The van der Waals surface area contributed by atoms with Gasteiger partial charge in [-0.25, -0.2) is 9.59 Å². The number of carboxylic acids is 2. The molecule has 11 heavy (non-hydrogen) atoms. The molecule has 0 aromatic rings. The zero-order valence-electron chi connectivity index (χ0n) is 6.02. The summed E-state index contributed by atoms with van der Waals surface area (Å²) < 4.78 is 0. The Hall–Kier alpha value is -1.36. The summed E-state index contributed by atoms with van der Waals surface area (Å²) in [4.78, 5) is 18.6.